The van der Waals surface area contributed by atoms with Gasteiger partial charge in [0.1, 0.15) is 0 Å². The van der Waals surface area contributed by atoms with Crippen LogP contribution in [0.25, 0.3) is 0 Å². The summed E-state index contributed by atoms with van der Waals surface area (Å²) in [6.45, 7) is 4.31. The first-order chi connectivity index (χ1) is 9.04. The number of rotatable bonds is 7. The van der Waals surface area contributed by atoms with Crippen molar-refractivity contribution in [1.29, 1.82) is 0 Å². The minimum Gasteiger partial charge on any atom is -0.463 e. The van der Waals surface area contributed by atoms with Crippen molar-refractivity contribution in [3.8, 4) is 0 Å². The third kappa shape index (κ3) is 5.59. The predicted molar refractivity (Wildman–Crippen MR) is 71.5 cm³/mol. The van der Waals surface area contributed by atoms with E-state index in [0.717, 1.165) is 19.3 Å². The van der Waals surface area contributed by atoms with Gasteiger partial charge in [0.05, 0.1) is 18.8 Å². The summed E-state index contributed by atoms with van der Waals surface area (Å²) in [5.41, 5.74) is 0. The zero-order chi connectivity index (χ0) is 14.3. The molecule has 0 bridgehead atoms. The summed E-state index contributed by atoms with van der Waals surface area (Å²) in [7, 11) is 0. The van der Waals surface area contributed by atoms with Crippen LogP contribution in [0.15, 0.2) is 0 Å². The first-order valence-electron chi connectivity index (χ1n) is 7.14. The molecule has 1 aliphatic heterocycles. The van der Waals surface area contributed by atoms with E-state index in [1.807, 2.05) is 13.8 Å². The highest BCUT2D eigenvalue weighted by Crippen LogP contribution is 2.18. The summed E-state index contributed by atoms with van der Waals surface area (Å²) in [4.78, 5) is 24.9. The molecule has 19 heavy (non-hydrogen) atoms. The Balaban J connectivity index is 2.23. The van der Waals surface area contributed by atoms with Gasteiger partial charge in [0.2, 0.25) is 5.91 Å². The summed E-state index contributed by atoms with van der Waals surface area (Å²) in [6.07, 6.45) is 4.12. The molecule has 0 saturated carbocycles. The molecule has 1 fully saturated rings. The number of carbonyl (C=O) groups excluding carboxylic acids is 2. The molecular weight excluding hydrogens is 246 g/mol. The van der Waals surface area contributed by atoms with Crippen LogP contribution in [0.2, 0.25) is 0 Å². The second-order valence-corrected chi connectivity index (χ2v) is 5.31. The molecule has 0 aromatic rings. The van der Waals surface area contributed by atoms with Crippen LogP contribution in [-0.4, -0.2) is 47.2 Å². The number of esters is 1. The number of aliphatic hydroxyl groups excluding tert-OH is 1. The second kappa shape index (κ2) is 8.15. The highest BCUT2D eigenvalue weighted by atomic mass is 16.5. The molecule has 1 atom stereocenters. The second-order valence-electron chi connectivity index (χ2n) is 5.31. The fourth-order valence-electron chi connectivity index (χ4n) is 2.36. The van der Waals surface area contributed by atoms with Crippen LogP contribution in [0, 0.1) is 0 Å². The van der Waals surface area contributed by atoms with Crippen molar-refractivity contribution in [2.24, 2.45) is 0 Å². The standard InChI is InChI=1S/C14H25NO4/c1-11(2)19-14(18)8-3-4-9-15-12(10-16)6-5-7-13(15)17/h11-12,16H,3-10H2,1-2H3. The normalized spacial score (nSPS) is 19.9. The highest BCUT2D eigenvalue weighted by Gasteiger charge is 2.26. The minimum atomic E-state index is -0.182. The maximum Gasteiger partial charge on any atom is 0.306 e. The van der Waals surface area contributed by atoms with Gasteiger partial charge in [0.15, 0.2) is 0 Å². The van der Waals surface area contributed by atoms with Gasteiger partial charge in [-0.15, -0.1) is 0 Å². The molecule has 1 aliphatic rings. The molecule has 5 heteroatoms. The van der Waals surface area contributed by atoms with Gasteiger partial charge in [-0.25, -0.2) is 0 Å². The number of amides is 1. The smallest absolute Gasteiger partial charge is 0.306 e. The Kier molecular flexibility index (Phi) is 6.84. The molecular formula is C14H25NO4. The first-order valence-corrected chi connectivity index (χ1v) is 7.14. The molecule has 1 saturated heterocycles. The predicted octanol–water partition coefficient (Wildman–Crippen LogP) is 1.48. The van der Waals surface area contributed by atoms with Crippen LogP contribution >= 0.6 is 0 Å². The van der Waals surface area contributed by atoms with Crippen molar-refractivity contribution >= 4 is 11.9 Å². The molecule has 0 aromatic carbocycles. The number of aliphatic hydroxyl groups is 1. The van der Waals surface area contributed by atoms with Gasteiger partial charge in [-0.3, -0.25) is 9.59 Å². The Bertz CT molecular complexity index is 304. The maximum atomic E-state index is 11.8. The summed E-state index contributed by atoms with van der Waals surface area (Å²) in [6, 6.07) is -0.0381. The van der Waals surface area contributed by atoms with Crippen molar-refractivity contribution in [3.63, 3.8) is 0 Å². The van der Waals surface area contributed by atoms with Gasteiger partial charge in [-0.2, -0.15) is 0 Å². The number of unbranched alkanes of at least 4 members (excludes halogenated alkanes) is 1. The van der Waals surface area contributed by atoms with Gasteiger partial charge in [0, 0.05) is 19.4 Å². The summed E-state index contributed by atoms with van der Waals surface area (Å²) in [5.74, 6) is -0.0614. The third-order valence-electron chi connectivity index (χ3n) is 3.30. The van der Waals surface area contributed by atoms with Crippen LogP contribution in [0.1, 0.15) is 52.4 Å². The Labute approximate surface area is 114 Å². The quantitative estimate of drug-likeness (QED) is 0.562. The molecule has 0 radical (unpaired) electrons. The molecule has 110 valence electrons. The molecule has 5 nitrogen and oxygen atoms in total. The third-order valence-corrected chi connectivity index (χ3v) is 3.30. The van der Waals surface area contributed by atoms with E-state index in [4.69, 9.17) is 4.74 Å². The molecule has 1 unspecified atom stereocenters. The van der Waals surface area contributed by atoms with E-state index in [2.05, 4.69) is 0 Å². The summed E-state index contributed by atoms with van der Waals surface area (Å²) < 4.78 is 5.05. The van der Waals surface area contributed by atoms with E-state index in [1.54, 1.807) is 4.90 Å². The van der Waals surface area contributed by atoms with Crippen molar-refractivity contribution in [1.82, 2.24) is 4.90 Å². The number of nitrogens with zero attached hydrogens (tertiary/aromatic N) is 1. The van der Waals surface area contributed by atoms with Gasteiger partial charge in [0.25, 0.3) is 0 Å². The average Bonchev–Trinajstić information content (AvgIpc) is 2.35. The van der Waals surface area contributed by atoms with Crippen molar-refractivity contribution in [2.75, 3.05) is 13.2 Å². The van der Waals surface area contributed by atoms with Gasteiger partial charge < -0.3 is 14.7 Å². The molecule has 0 aromatic heterocycles. The molecule has 1 amide bonds. The van der Waals surface area contributed by atoms with E-state index < -0.39 is 0 Å². The molecule has 0 aliphatic carbocycles. The van der Waals surface area contributed by atoms with Crippen LogP contribution in [0.4, 0.5) is 0 Å². The fourth-order valence-corrected chi connectivity index (χ4v) is 2.36. The van der Waals surface area contributed by atoms with E-state index in [0.29, 0.717) is 25.8 Å². The van der Waals surface area contributed by atoms with Crippen LogP contribution in [0.5, 0.6) is 0 Å². The average molecular weight is 271 g/mol. The largest absolute Gasteiger partial charge is 0.463 e. The number of ether oxygens (including phenoxy) is 1. The monoisotopic (exact) mass is 271 g/mol. The lowest BCUT2D eigenvalue weighted by molar-refractivity contribution is -0.147. The lowest BCUT2D eigenvalue weighted by atomic mass is 10.0. The van der Waals surface area contributed by atoms with Crippen molar-refractivity contribution in [3.05, 3.63) is 0 Å². The number of piperidine rings is 1. The highest BCUT2D eigenvalue weighted by molar-refractivity contribution is 5.77. The van der Waals surface area contributed by atoms with Gasteiger partial charge in [-0.05, 0) is 39.5 Å². The van der Waals surface area contributed by atoms with Crippen molar-refractivity contribution in [2.45, 2.75) is 64.5 Å². The lowest BCUT2D eigenvalue weighted by Crippen LogP contribution is -2.46. The topological polar surface area (TPSA) is 66.8 Å². The number of hydrogen-bond donors (Lipinski definition) is 1. The number of likely N-dealkylation sites (tertiary alicyclic amines) is 1. The van der Waals surface area contributed by atoms with E-state index >= 15 is 0 Å². The van der Waals surface area contributed by atoms with Crippen LogP contribution < -0.4 is 0 Å². The first kappa shape index (κ1) is 16.0. The Morgan fingerprint density at radius 1 is 1.47 bits per heavy atom. The van der Waals surface area contributed by atoms with Gasteiger partial charge >= 0.3 is 5.97 Å². The zero-order valence-electron chi connectivity index (χ0n) is 11.9. The van der Waals surface area contributed by atoms with E-state index in [-0.39, 0.29) is 30.6 Å². The van der Waals surface area contributed by atoms with Crippen molar-refractivity contribution < 1.29 is 19.4 Å². The molecule has 0 spiro atoms. The fraction of sp³-hybridized carbons (Fsp3) is 0.857. The molecule has 1 heterocycles. The number of hydrogen-bond acceptors (Lipinski definition) is 4. The van der Waals surface area contributed by atoms with Crippen LogP contribution in [-0.2, 0) is 14.3 Å². The Hall–Kier alpha value is -1.10. The summed E-state index contributed by atoms with van der Waals surface area (Å²) >= 11 is 0. The van der Waals surface area contributed by atoms with E-state index in [9.17, 15) is 14.7 Å². The summed E-state index contributed by atoms with van der Waals surface area (Å²) in [5, 5.41) is 9.26. The van der Waals surface area contributed by atoms with Gasteiger partial charge in [-0.1, -0.05) is 0 Å². The zero-order valence-corrected chi connectivity index (χ0v) is 11.9. The Morgan fingerprint density at radius 2 is 2.21 bits per heavy atom. The molecule has 1 N–H and O–H groups in total. The van der Waals surface area contributed by atoms with E-state index in [1.165, 1.54) is 0 Å². The minimum absolute atomic E-state index is 0.0289. The Morgan fingerprint density at radius 3 is 2.84 bits per heavy atom. The maximum absolute atomic E-state index is 11.8. The molecule has 1 rings (SSSR count). The van der Waals surface area contributed by atoms with Crippen LogP contribution in [0.3, 0.4) is 0 Å². The lowest BCUT2D eigenvalue weighted by Gasteiger charge is -2.34. The SMILES string of the molecule is CC(C)OC(=O)CCCCN1C(=O)CCCC1CO. The number of carbonyl (C=O) groups is 2.